The van der Waals surface area contributed by atoms with Crippen LogP contribution in [0.3, 0.4) is 0 Å². The van der Waals surface area contributed by atoms with Gasteiger partial charge in [-0.1, -0.05) is 18.2 Å². The summed E-state index contributed by atoms with van der Waals surface area (Å²) >= 11 is 0. The molecule has 1 aromatic heterocycles. The van der Waals surface area contributed by atoms with Crippen molar-refractivity contribution in [2.45, 2.75) is 25.0 Å². The monoisotopic (exact) mass is 310 g/mol. The van der Waals surface area contributed by atoms with E-state index in [1.165, 1.54) is 19.1 Å². The van der Waals surface area contributed by atoms with Gasteiger partial charge in [-0.2, -0.15) is 15.4 Å². The van der Waals surface area contributed by atoms with Crippen LogP contribution in [0.4, 0.5) is 0 Å². The van der Waals surface area contributed by atoms with Gasteiger partial charge in [0.1, 0.15) is 18.0 Å². The molecule has 0 fully saturated rings. The lowest BCUT2D eigenvalue weighted by molar-refractivity contribution is -0.142. The second-order valence-corrected chi connectivity index (χ2v) is 5.90. The van der Waals surface area contributed by atoms with E-state index < -0.39 is 16.0 Å². The number of aromatic nitrogens is 3. The topological polar surface area (TPSA) is 114 Å². The summed E-state index contributed by atoms with van der Waals surface area (Å²) in [5, 5.41) is 10.0. The smallest absolute Gasteiger partial charge is 0.303 e. The molecule has 0 saturated carbocycles. The molecule has 0 saturated heterocycles. The van der Waals surface area contributed by atoms with Crippen LogP contribution in [0.25, 0.3) is 0 Å². The first kappa shape index (κ1) is 15.1. The number of carbonyl (C=O) groups is 1. The number of aromatic amines is 1. The Morgan fingerprint density at radius 2 is 1.90 bits per heavy atom. The first-order valence-electron chi connectivity index (χ1n) is 6.05. The maximum atomic E-state index is 12.0. The quantitative estimate of drug-likeness (QED) is 0.744. The number of rotatable bonds is 6. The normalized spacial score (nSPS) is 11.3. The first-order chi connectivity index (χ1) is 9.99. The number of nitrogens with one attached hydrogen (secondary N) is 2. The van der Waals surface area contributed by atoms with E-state index in [0.29, 0.717) is 11.4 Å². The van der Waals surface area contributed by atoms with Gasteiger partial charge in [-0.15, -0.1) is 0 Å². The number of esters is 1. The zero-order chi connectivity index (χ0) is 15.3. The summed E-state index contributed by atoms with van der Waals surface area (Å²) in [5.74, 6) is -0.450. The third-order valence-electron chi connectivity index (χ3n) is 2.60. The molecule has 0 aliphatic rings. The van der Waals surface area contributed by atoms with Gasteiger partial charge in [-0.25, -0.2) is 13.1 Å². The summed E-state index contributed by atoms with van der Waals surface area (Å²) in [6.07, 6.45) is 0. The predicted molar refractivity (Wildman–Crippen MR) is 72.3 cm³/mol. The van der Waals surface area contributed by atoms with Gasteiger partial charge < -0.3 is 4.74 Å². The van der Waals surface area contributed by atoms with Crippen molar-refractivity contribution in [2.75, 3.05) is 0 Å². The zero-order valence-electron chi connectivity index (χ0n) is 11.2. The minimum absolute atomic E-state index is 0.0513. The number of benzene rings is 1. The third kappa shape index (κ3) is 4.10. The van der Waals surface area contributed by atoms with E-state index in [1.807, 2.05) is 0 Å². The largest absolute Gasteiger partial charge is 0.459 e. The maximum absolute atomic E-state index is 12.0. The van der Waals surface area contributed by atoms with Crippen LogP contribution in [0.1, 0.15) is 18.3 Å². The maximum Gasteiger partial charge on any atom is 0.303 e. The van der Waals surface area contributed by atoms with Crippen LogP contribution in [-0.2, 0) is 32.7 Å². The Kier molecular flexibility index (Phi) is 4.66. The Labute approximate surface area is 121 Å². The number of ether oxygens (including phenoxy) is 1. The Morgan fingerprint density at radius 1 is 1.24 bits per heavy atom. The van der Waals surface area contributed by atoms with Gasteiger partial charge in [0.05, 0.1) is 11.4 Å². The highest BCUT2D eigenvalue weighted by molar-refractivity contribution is 7.89. The molecule has 2 rings (SSSR count). The number of H-pyrrole nitrogens is 1. The molecule has 0 aliphatic heterocycles. The summed E-state index contributed by atoms with van der Waals surface area (Å²) in [5.41, 5.74) is 0.747. The molecule has 0 atom stereocenters. The van der Waals surface area contributed by atoms with Gasteiger partial charge in [0.25, 0.3) is 0 Å². The van der Waals surface area contributed by atoms with E-state index >= 15 is 0 Å². The van der Waals surface area contributed by atoms with Crippen molar-refractivity contribution in [1.82, 2.24) is 20.1 Å². The first-order valence-corrected chi connectivity index (χ1v) is 7.54. The van der Waals surface area contributed by atoms with Gasteiger partial charge >= 0.3 is 5.97 Å². The van der Waals surface area contributed by atoms with Gasteiger partial charge in [0.2, 0.25) is 10.0 Å². The molecule has 0 spiro atoms. The van der Waals surface area contributed by atoms with Gasteiger partial charge in [0.15, 0.2) is 0 Å². The van der Waals surface area contributed by atoms with E-state index in [2.05, 4.69) is 20.1 Å². The summed E-state index contributed by atoms with van der Waals surface area (Å²) in [4.78, 5) is 10.9. The molecule has 0 radical (unpaired) electrons. The average Bonchev–Trinajstić information content (AvgIpc) is 2.91. The van der Waals surface area contributed by atoms with Crippen molar-refractivity contribution in [3.8, 4) is 0 Å². The highest BCUT2D eigenvalue weighted by atomic mass is 32.2. The van der Waals surface area contributed by atoms with Crippen molar-refractivity contribution in [1.29, 1.82) is 0 Å². The van der Waals surface area contributed by atoms with E-state index in [1.54, 1.807) is 18.2 Å². The van der Waals surface area contributed by atoms with Gasteiger partial charge in [0, 0.05) is 6.92 Å². The number of hydrogen-bond donors (Lipinski definition) is 2. The second-order valence-electron chi connectivity index (χ2n) is 4.13. The molecular weight excluding hydrogens is 296 g/mol. The number of carbonyl (C=O) groups excluding carboxylic acids is 1. The highest BCUT2D eigenvalue weighted by Gasteiger charge is 2.16. The molecule has 0 amide bonds. The van der Waals surface area contributed by atoms with Gasteiger partial charge in [-0.05, 0) is 12.1 Å². The van der Waals surface area contributed by atoms with Crippen molar-refractivity contribution in [3.63, 3.8) is 0 Å². The molecule has 9 heteroatoms. The Morgan fingerprint density at radius 3 is 2.57 bits per heavy atom. The van der Waals surface area contributed by atoms with Crippen molar-refractivity contribution in [2.24, 2.45) is 0 Å². The fourth-order valence-electron chi connectivity index (χ4n) is 1.55. The second kappa shape index (κ2) is 6.46. The van der Waals surface area contributed by atoms with Crippen molar-refractivity contribution in [3.05, 3.63) is 41.7 Å². The van der Waals surface area contributed by atoms with Crippen LogP contribution in [0.15, 0.2) is 35.2 Å². The van der Waals surface area contributed by atoms with Crippen LogP contribution in [-0.4, -0.2) is 29.8 Å². The average molecular weight is 310 g/mol. The Balaban J connectivity index is 2.03. The third-order valence-corrected chi connectivity index (χ3v) is 4.02. The van der Waals surface area contributed by atoms with Crippen LogP contribution in [0.2, 0.25) is 0 Å². The Hall–Kier alpha value is -2.26. The summed E-state index contributed by atoms with van der Waals surface area (Å²) in [6, 6.07) is 7.98. The van der Waals surface area contributed by atoms with E-state index in [9.17, 15) is 13.2 Å². The molecule has 112 valence electrons. The summed E-state index contributed by atoms with van der Waals surface area (Å²) < 4.78 is 31.3. The van der Waals surface area contributed by atoms with Crippen LogP contribution in [0, 0.1) is 0 Å². The molecular formula is C12H14N4O4S. The van der Waals surface area contributed by atoms with Crippen LogP contribution < -0.4 is 4.72 Å². The summed E-state index contributed by atoms with van der Waals surface area (Å²) in [7, 11) is -3.62. The lowest BCUT2D eigenvalue weighted by atomic mass is 10.3. The molecule has 1 heterocycles. The van der Waals surface area contributed by atoms with Gasteiger partial charge in [-0.3, -0.25) is 4.79 Å². The molecule has 21 heavy (non-hydrogen) atoms. The van der Waals surface area contributed by atoms with E-state index in [4.69, 9.17) is 4.74 Å². The Bertz CT molecular complexity index is 712. The molecule has 0 unspecified atom stereocenters. The fourth-order valence-corrected chi connectivity index (χ4v) is 2.56. The molecule has 2 N–H and O–H groups in total. The highest BCUT2D eigenvalue weighted by Crippen LogP contribution is 2.09. The van der Waals surface area contributed by atoms with Crippen LogP contribution in [0.5, 0.6) is 0 Å². The lowest BCUT2D eigenvalue weighted by Crippen LogP contribution is -2.24. The number of nitrogens with zero attached hydrogens (tertiary/aromatic N) is 2. The number of hydrogen-bond acceptors (Lipinski definition) is 6. The predicted octanol–water partition coefficient (Wildman–Crippen LogP) is 0.346. The molecule has 0 bridgehead atoms. The number of sulfonamides is 1. The van der Waals surface area contributed by atoms with Crippen molar-refractivity contribution >= 4 is 16.0 Å². The van der Waals surface area contributed by atoms with E-state index in [0.717, 1.165) is 0 Å². The molecule has 0 aliphatic carbocycles. The minimum atomic E-state index is -3.62. The van der Waals surface area contributed by atoms with E-state index in [-0.39, 0.29) is 18.0 Å². The summed E-state index contributed by atoms with van der Waals surface area (Å²) in [6.45, 7) is 1.16. The minimum Gasteiger partial charge on any atom is -0.459 e. The molecule has 2 aromatic rings. The van der Waals surface area contributed by atoms with Crippen molar-refractivity contribution < 1.29 is 17.9 Å². The fraction of sp³-hybridized carbons (Fsp3) is 0.250. The molecule has 1 aromatic carbocycles. The standard InChI is InChI=1S/C12H14N4O4S/c1-9(17)20-8-12-11(14-16-15-12)7-13-21(18,19)10-5-3-2-4-6-10/h2-6,13H,7-8H2,1H3,(H,14,15,16). The van der Waals surface area contributed by atoms with Crippen LogP contribution >= 0.6 is 0 Å². The molecule has 8 nitrogen and oxygen atoms in total. The SMILES string of the molecule is CC(=O)OCc1n[nH]nc1CNS(=O)(=O)c1ccccc1. The zero-order valence-corrected chi connectivity index (χ0v) is 12.1. The lowest BCUT2D eigenvalue weighted by Gasteiger charge is -2.06.